The van der Waals surface area contributed by atoms with Gasteiger partial charge in [-0.1, -0.05) is 34.1 Å². The molecule has 2 N–H and O–H groups in total. The number of rotatable bonds is 5. The molecule has 1 amide bonds. The Labute approximate surface area is 189 Å². The van der Waals surface area contributed by atoms with Crippen LogP contribution in [0.5, 0.6) is 0 Å². The molecule has 2 aromatic carbocycles. The molecule has 1 atom stereocenters. The van der Waals surface area contributed by atoms with Crippen LogP contribution in [0.15, 0.2) is 53.0 Å². The number of H-pyrrole nitrogens is 1. The van der Waals surface area contributed by atoms with E-state index in [9.17, 15) is 9.59 Å². The molecule has 0 radical (unpaired) electrons. The highest BCUT2D eigenvalue weighted by Crippen LogP contribution is 2.31. The Kier molecular flexibility index (Phi) is 6.29. The van der Waals surface area contributed by atoms with Gasteiger partial charge in [0.15, 0.2) is 0 Å². The summed E-state index contributed by atoms with van der Waals surface area (Å²) in [5.41, 5.74) is 2.64. The number of hydrogen-bond donors (Lipinski definition) is 2. The maximum absolute atomic E-state index is 13.1. The molecule has 1 saturated heterocycles. The summed E-state index contributed by atoms with van der Waals surface area (Å²) >= 11 is 3.46. The summed E-state index contributed by atoms with van der Waals surface area (Å²) in [5.74, 6) is -0.675. The minimum atomic E-state index is -0.522. The fourth-order valence-electron chi connectivity index (χ4n) is 3.95. The summed E-state index contributed by atoms with van der Waals surface area (Å²) in [5, 5.41) is 3.72. The van der Waals surface area contributed by atoms with E-state index in [1.54, 1.807) is 0 Å². The van der Waals surface area contributed by atoms with Gasteiger partial charge in [0.2, 0.25) is 5.91 Å². The largest absolute Gasteiger partial charge is 0.464 e. The second-order valence-corrected chi connectivity index (χ2v) is 8.50. The van der Waals surface area contributed by atoms with Gasteiger partial charge in [-0.05, 0) is 37.3 Å². The number of aromatic amines is 1. The summed E-state index contributed by atoms with van der Waals surface area (Å²) in [6.07, 6.45) is 0. The number of nitrogens with one attached hydrogen (secondary N) is 2. The third kappa shape index (κ3) is 4.45. The zero-order valence-electron chi connectivity index (χ0n) is 17.5. The molecule has 7 nitrogen and oxygen atoms in total. The van der Waals surface area contributed by atoms with E-state index in [1.807, 2.05) is 43.3 Å². The second-order valence-electron chi connectivity index (χ2n) is 7.58. The van der Waals surface area contributed by atoms with Crippen molar-refractivity contribution in [1.29, 1.82) is 0 Å². The van der Waals surface area contributed by atoms with Crippen LogP contribution < -0.4 is 10.2 Å². The van der Waals surface area contributed by atoms with Crippen molar-refractivity contribution in [2.24, 2.45) is 0 Å². The molecule has 0 saturated carbocycles. The van der Waals surface area contributed by atoms with Gasteiger partial charge in [0.05, 0.1) is 18.8 Å². The van der Waals surface area contributed by atoms with E-state index in [2.05, 4.69) is 48.2 Å². The van der Waals surface area contributed by atoms with E-state index in [1.165, 1.54) is 12.8 Å². The van der Waals surface area contributed by atoms with Crippen molar-refractivity contribution >= 4 is 50.1 Å². The molecule has 0 aliphatic carbocycles. The van der Waals surface area contributed by atoms with Crippen molar-refractivity contribution in [2.45, 2.75) is 13.0 Å². The predicted octanol–water partition coefficient (Wildman–Crippen LogP) is 3.87. The standard InChI is InChI=1S/C23H25BrN4O3/c1-15(27-10-12-28(13-11-27)17-6-4-3-5-7-17)22(29)26-20-18-14-16(24)8-9-19(18)25-21(20)23(30)31-2/h3-9,14-15,25H,10-13H2,1-2H3,(H,26,29). The smallest absolute Gasteiger partial charge is 0.356 e. The molecule has 31 heavy (non-hydrogen) atoms. The normalized spacial score (nSPS) is 15.6. The van der Waals surface area contributed by atoms with Crippen LogP contribution >= 0.6 is 15.9 Å². The highest BCUT2D eigenvalue weighted by Gasteiger charge is 2.28. The highest BCUT2D eigenvalue weighted by molar-refractivity contribution is 9.10. The SMILES string of the molecule is COC(=O)c1[nH]c2ccc(Br)cc2c1NC(=O)C(C)N1CCN(c2ccccc2)CC1. The number of para-hydroxylation sites is 1. The van der Waals surface area contributed by atoms with Crippen molar-refractivity contribution in [3.63, 3.8) is 0 Å². The molecule has 1 aliphatic heterocycles. The number of hydrogen-bond acceptors (Lipinski definition) is 5. The molecular formula is C23H25BrN4O3. The molecule has 8 heteroatoms. The van der Waals surface area contributed by atoms with Crippen LogP contribution in [0.4, 0.5) is 11.4 Å². The lowest BCUT2D eigenvalue weighted by atomic mass is 10.1. The summed E-state index contributed by atoms with van der Waals surface area (Å²) < 4.78 is 5.76. The Balaban J connectivity index is 1.49. The first kappa shape index (κ1) is 21.4. The van der Waals surface area contributed by atoms with Gasteiger partial charge >= 0.3 is 5.97 Å². The van der Waals surface area contributed by atoms with Crippen LogP contribution in [-0.4, -0.2) is 61.1 Å². The topological polar surface area (TPSA) is 77.7 Å². The number of aromatic nitrogens is 1. The lowest BCUT2D eigenvalue weighted by Crippen LogP contribution is -2.52. The number of piperazine rings is 1. The van der Waals surface area contributed by atoms with Gasteiger partial charge in [-0.15, -0.1) is 0 Å². The lowest BCUT2D eigenvalue weighted by molar-refractivity contribution is -0.120. The van der Waals surface area contributed by atoms with E-state index in [-0.39, 0.29) is 17.6 Å². The summed E-state index contributed by atoms with van der Waals surface area (Å²) in [6, 6.07) is 15.6. The van der Waals surface area contributed by atoms with Crippen LogP contribution in [0.25, 0.3) is 10.9 Å². The first-order valence-corrected chi connectivity index (χ1v) is 11.0. The number of nitrogens with zero attached hydrogens (tertiary/aromatic N) is 2. The van der Waals surface area contributed by atoms with Gasteiger partial charge in [0.25, 0.3) is 0 Å². The van der Waals surface area contributed by atoms with Crippen molar-refractivity contribution in [3.05, 3.63) is 58.7 Å². The molecule has 1 unspecified atom stereocenters. The van der Waals surface area contributed by atoms with Crippen molar-refractivity contribution in [3.8, 4) is 0 Å². The lowest BCUT2D eigenvalue weighted by Gasteiger charge is -2.38. The number of carbonyl (C=O) groups excluding carboxylic acids is 2. The van der Waals surface area contributed by atoms with Gasteiger partial charge in [-0.25, -0.2) is 4.79 Å². The van der Waals surface area contributed by atoms with E-state index >= 15 is 0 Å². The Morgan fingerprint density at radius 1 is 1.10 bits per heavy atom. The van der Waals surface area contributed by atoms with E-state index < -0.39 is 5.97 Å². The first-order valence-electron chi connectivity index (χ1n) is 10.2. The average molecular weight is 485 g/mol. The third-order valence-electron chi connectivity index (χ3n) is 5.76. The van der Waals surface area contributed by atoms with Gasteiger partial charge in [-0.2, -0.15) is 0 Å². The average Bonchev–Trinajstić information content (AvgIpc) is 3.16. The first-order chi connectivity index (χ1) is 15.0. The number of methoxy groups -OCH3 is 1. The van der Waals surface area contributed by atoms with Crippen LogP contribution in [0.2, 0.25) is 0 Å². The van der Waals surface area contributed by atoms with Gasteiger partial charge in [0, 0.05) is 47.2 Å². The zero-order valence-corrected chi connectivity index (χ0v) is 19.1. The highest BCUT2D eigenvalue weighted by atomic mass is 79.9. The third-order valence-corrected chi connectivity index (χ3v) is 6.25. The molecule has 0 spiro atoms. The van der Waals surface area contributed by atoms with Crippen LogP contribution in [0, 0.1) is 0 Å². The number of ether oxygens (including phenoxy) is 1. The Bertz CT molecular complexity index is 1090. The van der Waals surface area contributed by atoms with E-state index in [0.29, 0.717) is 5.69 Å². The number of halogens is 1. The maximum Gasteiger partial charge on any atom is 0.356 e. The quantitative estimate of drug-likeness (QED) is 0.537. The Hall–Kier alpha value is -2.84. The molecular weight excluding hydrogens is 460 g/mol. The Morgan fingerprint density at radius 3 is 2.48 bits per heavy atom. The summed E-state index contributed by atoms with van der Waals surface area (Å²) in [4.78, 5) is 32.9. The van der Waals surface area contributed by atoms with Crippen LogP contribution in [-0.2, 0) is 9.53 Å². The number of anilines is 2. The fourth-order valence-corrected chi connectivity index (χ4v) is 4.31. The van der Waals surface area contributed by atoms with Crippen molar-refractivity contribution in [1.82, 2.24) is 9.88 Å². The predicted molar refractivity (Wildman–Crippen MR) is 126 cm³/mol. The second kappa shape index (κ2) is 9.11. The number of amides is 1. The molecule has 1 aliphatic rings. The van der Waals surface area contributed by atoms with E-state index in [0.717, 1.165) is 41.6 Å². The molecule has 0 bridgehead atoms. The van der Waals surface area contributed by atoms with Crippen LogP contribution in [0.3, 0.4) is 0 Å². The minimum Gasteiger partial charge on any atom is -0.464 e. The van der Waals surface area contributed by atoms with Gasteiger partial charge in [0.1, 0.15) is 5.69 Å². The van der Waals surface area contributed by atoms with Crippen LogP contribution in [0.1, 0.15) is 17.4 Å². The molecule has 3 aromatic rings. The molecule has 162 valence electrons. The van der Waals surface area contributed by atoms with E-state index in [4.69, 9.17) is 4.74 Å². The summed E-state index contributed by atoms with van der Waals surface area (Å²) in [6.45, 7) is 5.18. The number of benzene rings is 2. The monoisotopic (exact) mass is 484 g/mol. The number of esters is 1. The van der Waals surface area contributed by atoms with Gasteiger partial charge < -0.3 is 19.9 Å². The minimum absolute atomic E-state index is 0.154. The molecule has 1 aromatic heterocycles. The summed E-state index contributed by atoms with van der Waals surface area (Å²) in [7, 11) is 1.32. The number of fused-ring (bicyclic) bond motifs is 1. The zero-order chi connectivity index (χ0) is 22.0. The van der Waals surface area contributed by atoms with Gasteiger partial charge in [-0.3, -0.25) is 9.69 Å². The van der Waals surface area contributed by atoms with Crippen molar-refractivity contribution < 1.29 is 14.3 Å². The molecule has 1 fully saturated rings. The maximum atomic E-state index is 13.1. The fraction of sp³-hybridized carbons (Fsp3) is 0.304. The Morgan fingerprint density at radius 2 is 1.81 bits per heavy atom. The molecule has 2 heterocycles. The number of carbonyl (C=O) groups is 2. The van der Waals surface area contributed by atoms with Crippen molar-refractivity contribution in [2.75, 3.05) is 43.5 Å². The molecule has 4 rings (SSSR count).